The molecule has 0 bridgehead atoms. The van der Waals surface area contributed by atoms with E-state index in [1.54, 1.807) is 6.92 Å². The number of rotatable bonds is 5. The van der Waals surface area contributed by atoms with Crippen LogP contribution in [-0.2, 0) is 16.0 Å². The Morgan fingerprint density at radius 3 is 2.20 bits per heavy atom. The highest BCUT2D eigenvalue weighted by atomic mass is 16.5. The maximum atomic E-state index is 11.3. The summed E-state index contributed by atoms with van der Waals surface area (Å²) in [6, 6.07) is 18.5. The molecule has 0 N–H and O–H groups in total. The Morgan fingerprint density at radius 1 is 1.00 bits per heavy atom. The summed E-state index contributed by atoms with van der Waals surface area (Å²) in [5.74, 6) is -0.328. The zero-order chi connectivity index (χ0) is 14.4. The van der Waals surface area contributed by atoms with Crippen LogP contribution in [0.25, 0.3) is 11.1 Å². The fourth-order valence-corrected chi connectivity index (χ4v) is 1.88. The van der Waals surface area contributed by atoms with Gasteiger partial charge in [-0.3, -0.25) is 0 Å². The molecule has 2 nitrogen and oxygen atoms in total. The lowest BCUT2D eigenvalue weighted by molar-refractivity contribution is -0.138. The zero-order valence-corrected chi connectivity index (χ0v) is 11.6. The summed E-state index contributed by atoms with van der Waals surface area (Å²) in [6.45, 7) is 5.59. The Morgan fingerprint density at radius 2 is 1.60 bits per heavy atom. The van der Waals surface area contributed by atoms with Crippen molar-refractivity contribution in [1.82, 2.24) is 0 Å². The highest BCUT2D eigenvalue weighted by Gasteiger charge is 2.03. The number of esters is 1. The molecule has 0 saturated heterocycles. The predicted octanol–water partition coefficient (Wildman–Crippen LogP) is 4.02. The second-order valence-corrected chi connectivity index (χ2v) is 4.73. The zero-order valence-electron chi connectivity index (χ0n) is 11.6. The van der Waals surface area contributed by atoms with Crippen LogP contribution in [0.15, 0.2) is 66.7 Å². The van der Waals surface area contributed by atoms with Crippen LogP contribution in [0.2, 0.25) is 0 Å². The van der Waals surface area contributed by atoms with Gasteiger partial charge in [-0.1, -0.05) is 61.2 Å². The number of carbonyl (C=O) groups is 1. The number of benzene rings is 2. The first kappa shape index (κ1) is 14.1. The molecule has 0 radical (unpaired) electrons. The van der Waals surface area contributed by atoms with Gasteiger partial charge < -0.3 is 4.74 Å². The van der Waals surface area contributed by atoms with Crippen LogP contribution in [-0.4, -0.2) is 12.6 Å². The van der Waals surface area contributed by atoms with Gasteiger partial charge >= 0.3 is 5.97 Å². The summed E-state index contributed by atoms with van der Waals surface area (Å²) in [4.78, 5) is 11.3. The largest absolute Gasteiger partial charge is 0.462 e. The third-order valence-electron chi connectivity index (χ3n) is 3.03. The SMILES string of the molecule is C=C(C)C(=O)OCCc1ccc(-c2ccccc2)cc1. The average molecular weight is 266 g/mol. The molecule has 0 saturated carbocycles. The topological polar surface area (TPSA) is 26.3 Å². The molecule has 0 aliphatic rings. The van der Waals surface area contributed by atoms with Gasteiger partial charge in [-0.25, -0.2) is 4.79 Å². The van der Waals surface area contributed by atoms with Crippen molar-refractivity contribution in [2.24, 2.45) is 0 Å². The summed E-state index contributed by atoms with van der Waals surface area (Å²) >= 11 is 0. The maximum absolute atomic E-state index is 11.3. The molecule has 0 spiro atoms. The van der Waals surface area contributed by atoms with E-state index in [2.05, 4.69) is 43.0 Å². The van der Waals surface area contributed by atoms with E-state index in [1.165, 1.54) is 11.1 Å². The predicted molar refractivity (Wildman–Crippen MR) is 81.4 cm³/mol. The van der Waals surface area contributed by atoms with Gasteiger partial charge in [-0.15, -0.1) is 0 Å². The Hall–Kier alpha value is -2.35. The van der Waals surface area contributed by atoms with Gasteiger partial charge in [0, 0.05) is 12.0 Å². The van der Waals surface area contributed by atoms with Crippen molar-refractivity contribution in [2.45, 2.75) is 13.3 Å². The maximum Gasteiger partial charge on any atom is 0.333 e. The molecule has 2 aromatic rings. The summed E-state index contributed by atoms with van der Waals surface area (Å²) in [7, 11) is 0. The molecule has 102 valence electrons. The van der Waals surface area contributed by atoms with E-state index < -0.39 is 0 Å². The van der Waals surface area contributed by atoms with Gasteiger partial charge in [0.25, 0.3) is 0 Å². The molecule has 2 heteroatoms. The molecule has 2 aromatic carbocycles. The second kappa shape index (κ2) is 6.71. The molecule has 0 heterocycles. The molecular weight excluding hydrogens is 248 g/mol. The van der Waals surface area contributed by atoms with Crippen LogP contribution in [0, 0.1) is 0 Å². The molecule has 0 unspecified atom stereocenters. The second-order valence-electron chi connectivity index (χ2n) is 4.73. The van der Waals surface area contributed by atoms with E-state index in [4.69, 9.17) is 4.74 Å². The van der Waals surface area contributed by atoms with Crippen molar-refractivity contribution < 1.29 is 9.53 Å². The Balaban J connectivity index is 1.92. The third kappa shape index (κ3) is 3.82. The molecule has 0 aromatic heterocycles. The van der Waals surface area contributed by atoms with Crippen molar-refractivity contribution >= 4 is 5.97 Å². The van der Waals surface area contributed by atoms with Gasteiger partial charge in [0.1, 0.15) is 0 Å². The molecule has 20 heavy (non-hydrogen) atoms. The van der Waals surface area contributed by atoms with Crippen LogP contribution in [0.1, 0.15) is 12.5 Å². The van der Waals surface area contributed by atoms with Gasteiger partial charge in [-0.2, -0.15) is 0 Å². The quantitative estimate of drug-likeness (QED) is 0.603. The minimum atomic E-state index is -0.328. The summed E-state index contributed by atoms with van der Waals surface area (Å²) in [6.07, 6.45) is 0.716. The van der Waals surface area contributed by atoms with Gasteiger partial charge in [0.2, 0.25) is 0 Å². The van der Waals surface area contributed by atoms with Crippen molar-refractivity contribution in [3.8, 4) is 11.1 Å². The lowest BCUT2D eigenvalue weighted by Crippen LogP contribution is -2.07. The van der Waals surface area contributed by atoms with Gasteiger partial charge in [0.05, 0.1) is 6.61 Å². The van der Waals surface area contributed by atoms with E-state index in [1.807, 2.05) is 18.2 Å². The monoisotopic (exact) mass is 266 g/mol. The molecule has 0 atom stereocenters. The van der Waals surface area contributed by atoms with Gasteiger partial charge in [0.15, 0.2) is 0 Å². The number of ether oxygens (including phenoxy) is 1. The van der Waals surface area contributed by atoms with E-state index in [-0.39, 0.29) is 5.97 Å². The van der Waals surface area contributed by atoms with Crippen LogP contribution in [0.4, 0.5) is 0 Å². The number of hydrogen-bond acceptors (Lipinski definition) is 2. The molecule has 0 fully saturated rings. The Bertz CT molecular complexity index is 583. The van der Waals surface area contributed by atoms with Crippen molar-refractivity contribution in [3.63, 3.8) is 0 Å². The van der Waals surface area contributed by atoms with Crippen LogP contribution >= 0.6 is 0 Å². The van der Waals surface area contributed by atoms with Crippen LogP contribution in [0.5, 0.6) is 0 Å². The fourth-order valence-electron chi connectivity index (χ4n) is 1.88. The van der Waals surface area contributed by atoms with Crippen molar-refractivity contribution in [2.75, 3.05) is 6.61 Å². The molecule has 0 aliphatic carbocycles. The Kier molecular flexibility index (Phi) is 4.72. The molecule has 2 rings (SSSR count). The molecular formula is C18H18O2. The minimum Gasteiger partial charge on any atom is -0.462 e. The molecule has 0 amide bonds. The summed E-state index contributed by atoms with van der Waals surface area (Å²) in [5.41, 5.74) is 3.98. The van der Waals surface area contributed by atoms with Crippen molar-refractivity contribution in [3.05, 3.63) is 72.3 Å². The van der Waals surface area contributed by atoms with Gasteiger partial charge in [-0.05, 0) is 23.6 Å². The summed E-state index contributed by atoms with van der Waals surface area (Å²) < 4.78 is 5.08. The lowest BCUT2D eigenvalue weighted by atomic mass is 10.0. The van der Waals surface area contributed by atoms with E-state index in [9.17, 15) is 4.79 Å². The first-order valence-corrected chi connectivity index (χ1v) is 6.64. The first-order valence-electron chi connectivity index (χ1n) is 6.64. The highest BCUT2D eigenvalue weighted by molar-refractivity contribution is 5.86. The normalized spacial score (nSPS) is 10.1. The van der Waals surface area contributed by atoms with Crippen molar-refractivity contribution in [1.29, 1.82) is 0 Å². The standard InChI is InChI=1S/C18H18O2/c1-14(2)18(19)20-13-12-15-8-10-17(11-9-15)16-6-4-3-5-7-16/h3-11H,1,12-13H2,2H3. The van der Waals surface area contributed by atoms with E-state index >= 15 is 0 Å². The van der Waals surface area contributed by atoms with E-state index in [0.29, 0.717) is 18.6 Å². The summed E-state index contributed by atoms with van der Waals surface area (Å²) in [5, 5.41) is 0. The average Bonchev–Trinajstić information content (AvgIpc) is 2.48. The van der Waals surface area contributed by atoms with Crippen LogP contribution < -0.4 is 0 Å². The highest BCUT2D eigenvalue weighted by Crippen LogP contribution is 2.19. The lowest BCUT2D eigenvalue weighted by Gasteiger charge is -2.06. The minimum absolute atomic E-state index is 0.328. The smallest absolute Gasteiger partial charge is 0.333 e. The fraction of sp³-hybridized carbons (Fsp3) is 0.167. The number of hydrogen-bond donors (Lipinski definition) is 0. The van der Waals surface area contributed by atoms with Crippen LogP contribution in [0.3, 0.4) is 0 Å². The third-order valence-corrected chi connectivity index (χ3v) is 3.03. The Labute approximate surface area is 119 Å². The molecule has 0 aliphatic heterocycles. The first-order chi connectivity index (χ1) is 9.66. The number of carbonyl (C=O) groups excluding carboxylic acids is 1. The van der Waals surface area contributed by atoms with E-state index in [0.717, 1.165) is 5.56 Å².